The normalized spacial score (nSPS) is 21.4. The van der Waals surface area contributed by atoms with Crippen LogP contribution in [-0.2, 0) is 0 Å². The van der Waals surface area contributed by atoms with Gasteiger partial charge in [0.05, 0.1) is 11.4 Å². The highest BCUT2D eigenvalue weighted by Gasteiger charge is 2.19. The Hall–Kier alpha value is -1.16. The van der Waals surface area contributed by atoms with Gasteiger partial charge in [0.1, 0.15) is 0 Å². The minimum absolute atomic E-state index is 0.563. The zero-order chi connectivity index (χ0) is 11.0. The molecule has 0 saturated carbocycles. The number of hydrogen-bond acceptors (Lipinski definition) is 3. The number of nitrogen functional groups attached to an aromatic ring is 1. The van der Waals surface area contributed by atoms with Gasteiger partial charge in [0, 0.05) is 17.6 Å². The molecule has 0 spiro atoms. The summed E-state index contributed by atoms with van der Waals surface area (Å²) in [6.07, 6.45) is 8.04. The van der Waals surface area contributed by atoms with Crippen molar-refractivity contribution in [3.05, 3.63) is 30.2 Å². The first-order chi connectivity index (χ1) is 7.84. The minimum Gasteiger partial charge on any atom is -0.396 e. The fourth-order valence-electron chi connectivity index (χ4n) is 2.18. The van der Waals surface area contributed by atoms with E-state index in [0.717, 1.165) is 11.3 Å². The maximum absolute atomic E-state index is 5.91. The highest BCUT2D eigenvalue weighted by molar-refractivity contribution is 7.99. The summed E-state index contributed by atoms with van der Waals surface area (Å²) in [6, 6.07) is 3.86. The molecule has 2 aromatic heterocycles. The van der Waals surface area contributed by atoms with E-state index in [1.165, 1.54) is 30.7 Å². The summed E-state index contributed by atoms with van der Waals surface area (Å²) in [5.74, 6) is 1.26. The Morgan fingerprint density at radius 3 is 3.12 bits per heavy atom. The van der Waals surface area contributed by atoms with E-state index >= 15 is 0 Å². The van der Waals surface area contributed by atoms with Gasteiger partial charge in [0.15, 0.2) is 5.65 Å². The van der Waals surface area contributed by atoms with E-state index in [9.17, 15) is 0 Å². The van der Waals surface area contributed by atoms with Gasteiger partial charge in [0.25, 0.3) is 0 Å². The van der Waals surface area contributed by atoms with Crippen molar-refractivity contribution in [2.24, 2.45) is 0 Å². The van der Waals surface area contributed by atoms with E-state index in [2.05, 4.69) is 11.2 Å². The van der Waals surface area contributed by atoms with Crippen molar-refractivity contribution in [3.8, 4) is 0 Å². The first-order valence-electron chi connectivity index (χ1n) is 5.69. The first-order valence-corrected chi connectivity index (χ1v) is 6.74. The molecule has 0 bridgehead atoms. The molecule has 1 fully saturated rings. The Labute approximate surface area is 99.1 Å². The molecule has 1 aliphatic heterocycles. The molecule has 1 saturated heterocycles. The number of thioether (sulfide) groups is 1. The lowest BCUT2D eigenvalue weighted by Gasteiger charge is -2.18. The molecule has 16 heavy (non-hydrogen) atoms. The summed E-state index contributed by atoms with van der Waals surface area (Å²) in [6.45, 7) is 0. The summed E-state index contributed by atoms with van der Waals surface area (Å²) >= 11 is 2.02. The lowest BCUT2D eigenvalue weighted by Crippen LogP contribution is -2.02. The molecular weight excluding hydrogens is 218 g/mol. The highest BCUT2D eigenvalue weighted by atomic mass is 32.2. The van der Waals surface area contributed by atoms with Crippen LogP contribution < -0.4 is 5.73 Å². The summed E-state index contributed by atoms with van der Waals surface area (Å²) < 4.78 is 2.03. The van der Waals surface area contributed by atoms with Crippen LogP contribution in [0.3, 0.4) is 0 Å². The van der Waals surface area contributed by atoms with Crippen molar-refractivity contribution >= 4 is 23.1 Å². The van der Waals surface area contributed by atoms with Crippen LogP contribution in [0.2, 0.25) is 0 Å². The Morgan fingerprint density at radius 2 is 2.38 bits per heavy atom. The molecule has 4 heteroatoms. The first kappa shape index (κ1) is 10.0. The predicted molar refractivity (Wildman–Crippen MR) is 68.7 cm³/mol. The quantitative estimate of drug-likeness (QED) is 0.823. The number of hydrogen-bond donors (Lipinski definition) is 1. The lowest BCUT2D eigenvalue weighted by atomic mass is 10.1. The number of fused-ring (bicyclic) bond motifs is 1. The van der Waals surface area contributed by atoms with E-state index in [-0.39, 0.29) is 0 Å². The van der Waals surface area contributed by atoms with Gasteiger partial charge in [-0.15, -0.1) is 0 Å². The van der Waals surface area contributed by atoms with E-state index in [4.69, 9.17) is 5.73 Å². The molecule has 84 valence electrons. The smallest absolute Gasteiger partial charge is 0.160 e. The van der Waals surface area contributed by atoms with Crippen LogP contribution >= 0.6 is 11.8 Å². The molecule has 1 aliphatic rings. The van der Waals surface area contributed by atoms with Crippen LogP contribution in [0.25, 0.3) is 5.65 Å². The average molecular weight is 233 g/mol. The van der Waals surface area contributed by atoms with Crippen LogP contribution in [0, 0.1) is 0 Å². The number of imidazole rings is 1. The number of nitrogens with zero attached hydrogens (tertiary/aromatic N) is 2. The van der Waals surface area contributed by atoms with Gasteiger partial charge in [-0.1, -0.05) is 6.42 Å². The second-order valence-electron chi connectivity index (χ2n) is 4.22. The number of rotatable bonds is 1. The third-order valence-electron chi connectivity index (χ3n) is 3.04. The molecule has 2 N–H and O–H groups in total. The van der Waals surface area contributed by atoms with Crippen LogP contribution in [0.4, 0.5) is 5.69 Å². The Bertz CT molecular complexity index is 500. The molecule has 3 heterocycles. The Balaban J connectivity index is 2.01. The zero-order valence-electron chi connectivity index (χ0n) is 9.10. The van der Waals surface area contributed by atoms with Gasteiger partial charge in [-0.05, 0) is 30.7 Å². The third kappa shape index (κ3) is 1.67. The Kier molecular flexibility index (Phi) is 2.52. The average Bonchev–Trinajstić information content (AvgIpc) is 2.76. The zero-order valence-corrected chi connectivity index (χ0v) is 9.91. The molecule has 2 aromatic rings. The third-order valence-corrected chi connectivity index (χ3v) is 4.45. The fourth-order valence-corrected chi connectivity index (χ4v) is 3.46. The summed E-state index contributed by atoms with van der Waals surface area (Å²) in [5.41, 5.74) is 8.74. The van der Waals surface area contributed by atoms with E-state index in [1.807, 2.05) is 34.5 Å². The molecule has 0 radical (unpaired) electrons. The van der Waals surface area contributed by atoms with Crippen molar-refractivity contribution in [1.82, 2.24) is 9.38 Å². The van der Waals surface area contributed by atoms with Gasteiger partial charge in [-0.25, -0.2) is 4.98 Å². The number of aromatic nitrogens is 2. The molecule has 3 nitrogen and oxygen atoms in total. The van der Waals surface area contributed by atoms with Crippen LogP contribution in [0.15, 0.2) is 24.5 Å². The minimum atomic E-state index is 0.563. The molecule has 3 rings (SSSR count). The number of anilines is 1. The highest BCUT2D eigenvalue weighted by Crippen LogP contribution is 2.37. The van der Waals surface area contributed by atoms with Gasteiger partial charge in [-0.2, -0.15) is 11.8 Å². The van der Waals surface area contributed by atoms with E-state index in [0.29, 0.717) is 5.25 Å². The largest absolute Gasteiger partial charge is 0.396 e. The van der Waals surface area contributed by atoms with Crippen molar-refractivity contribution in [3.63, 3.8) is 0 Å². The maximum atomic E-state index is 5.91. The fraction of sp³-hybridized carbons (Fsp3) is 0.417. The van der Waals surface area contributed by atoms with Gasteiger partial charge in [-0.3, -0.25) is 0 Å². The predicted octanol–water partition coefficient (Wildman–Crippen LogP) is 2.87. The number of nitrogens with two attached hydrogens (primary N) is 1. The van der Waals surface area contributed by atoms with Crippen molar-refractivity contribution < 1.29 is 0 Å². The second-order valence-corrected chi connectivity index (χ2v) is 5.53. The van der Waals surface area contributed by atoms with Gasteiger partial charge in [0.2, 0.25) is 0 Å². The lowest BCUT2D eigenvalue weighted by molar-refractivity contribution is 0.678. The molecular formula is C12H15N3S. The van der Waals surface area contributed by atoms with Gasteiger partial charge >= 0.3 is 0 Å². The Morgan fingerprint density at radius 1 is 1.44 bits per heavy atom. The van der Waals surface area contributed by atoms with Crippen molar-refractivity contribution in [2.75, 3.05) is 11.5 Å². The number of pyridine rings is 1. The SMILES string of the molecule is Nc1cccn2cc(C3CCCCS3)nc12. The molecule has 1 atom stereocenters. The topological polar surface area (TPSA) is 43.3 Å². The van der Waals surface area contributed by atoms with E-state index < -0.39 is 0 Å². The van der Waals surface area contributed by atoms with Crippen LogP contribution in [0.5, 0.6) is 0 Å². The monoisotopic (exact) mass is 233 g/mol. The maximum Gasteiger partial charge on any atom is 0.160 e. The van der Waals surface area contributed by atoms with Crippen molar-refractivity contribution in [2.45, 2.75) is 24.5 Å². The van der Waals surface area contributed by atoms with E-state index in [1.54, 1.807) is 0 Å². The molecule has 0 aliphatic carbocycles. The van der Waals surface area contributed by atoms with Crippen LogP contribution in [0.1, 0.15) is 30.2 Å². The molecule has 0 aromatic carbocycles. The second kappa shape index (κ2) is 4.01. The molecule has 1 unspecified atom stereocenters. The molecule has 0 amide bonds. The summed E-state index contributed by atoms with van der Waals surface area (Å²) in [5, 5.41) is 0.563. The summed E-state index contributed by atoms with van der Waals surface area (Å²) in [7, 11) is 0. The van der Waals surface area contributed by atoms with Crippen LogP contribution in [-0.4, -0.2) is 15.1 Å². The van der Waals surface area contributed by atoms with Gasteiger partial charge < -0.3 is 10.1 Å². The summed E-state index contributed by atoms with van der Waals surface area (Å²) in [4.78, 5) is 4.65. The van der Waals surface area contributed by atoms with Crippen molar-refractivity contribution in [1.29, 1.82) is 0 Å². The standard InChI is InChI=1S/C12H15N3S/c13-9-4-3-6-15-8-10(14-12(9)15)11-5-1-2-7-16-11/h3-4,6,8,11H,1-2,5,7,13H2.